The maximum Gasteiger partial charge on any atom is 0.265 e. The standard InChI is InChI=1S/C18H20ClNO3/c1-4-15(23-17-8-6-5-7-16(17)22-3)18(21)20-14-10-9-13(19)11-12(14)2/h5-11,15H,4H2,1-3H3,(H,20,21)/t15-/m0/s1. The Morgan fingerprint density at radius 2 is 1.91 bits per heavy atom. The highest BCUT2D eigenvalue weighted by atomic mass is 35.5. The van der Waals surface area contributed by atoms with Gasteiger partial charge in [-0.15, -0.1) is 0 Å². The smallest absolute Gasteiger partial charge is 0.265 e. The summed E-state index contributed by atoms with van der Waals surface area (Å²) in [5, 5.41) is 3.52. The van der Waals surface area contributed by atoms with E-state index in [0.29, 0.717) is 22.9 Å². The Bertz CT molecular complexity index is 688. The first-order chi connectivity index (χ1) is 11.0. The second-order valence-electron chi connectivity index (χ2n) is 5.11. The quantitative estimate of drug-likeness (QED) is 0.849. The summed E-state index contributed by atoms with van der Waals surface area (Å²) in [7, 11) is 1.57. The first-order valence-corrected chi connectivity index (χ1v) is 7.79. The van der Waals surface area contributed by atoms with Crippen LogP contribution in [0.4, 0.5) is 5.69 Å². The first kappa shape index (κ1) is 17.2. The van der Waals surface area contributed by atoms with Gasteiger partial charge < -0.3 is 14.8 Å². The van der Waals surface area contributed by atoms with Gasteiger partial charge in [0.15, 0.2) is 17.6 Å². The van der Waals surface area contributed by atoms with Gasteiger partial charge in [-0.1, -0.05) is 30.7 Å². The minimum absolute atomic E-state index is 0.205. The summed E-state index contributed by atoms with van der Waals surface area (Å²) in [4.78, 5) is 12.5. The van der Waals surface area contributed by atoms with Crippen molar-refractivity contribution in [2.24, 2.45) is 0 Å². The van der Waals surface area contributed by atoms with Gasteiger partial charge in [-0.05, 0) is 49.2 Å². The lowest BCUT2D eigenvalue weighted by molar-refractivity contribution is -0.122. The maximum absolute atomic E-state index is 12.5. The molecule has 0 radical (unpaired) electrons. The monoisotopic (exact) mass is 333 g/mol. The van der Waals surface area contributed by atoms with E-state index in [1.54, 1.807) is 37.4 Å². The van der Waals surface area contributed by atoms with E-state index in [-0.39, 0.29) is 5.91 Å². The highest BCUT2D eigenvalue weighted by molar-refractivity contribution is 6.30. The third kappa shape index (κ3) is 4.39. The van der Waals surface area contributed by atoms with Crippen LogP contribution in [0.15, 0.2) is 42.5 Å². The molecule has 1 N–H and O–H groups in total. The van der Waals surface area contributed by atoms with E-state index in [1.807, 2.05) is 26.0 Å². The number of anilines is 1. The minimum atomic E-state index is -0.610. The lowest BCUT2D eigenvalue weighted by Crippen LogP contribution is -2.32. The van der Waals surface area contributed by atoms with Crippen molar-refractivity contribution in [3.63, 3.8) is 0 Å². The van der Waals surface area contributed by atoms with Crippen molar-refractivity contribution in [3.05, 3.63) is 53.1 Å². The summed E-state index contributed by atoms with van der Waals surface area (Å²) < 4.78 is 11.1. The molecule has 2 aromatic rings. The van der Waals surface area contributed by atoms with Crippen LogP contribution in [0.1, 0.15) is 18.9 Å². The normalized spacial score (nSPS) is 11.7. The number of aryl methyl sites for hydroxylation is 1. The SMILES string of the molecule is CC[C@H](Oc1ccccc1OC)C(=O)Nc1ccc(Cl)cc1C. The van der Waals surface area contributed by atoms with Gasteiger partial charge in [0.05, 0.1) is 7.11 Å². The van der Waals surface area contributed by atoms with Crippen LogP contribution >= 0.6 is 11.6 Å². The zero-order valence-corrected chi connectivity index (χ0v) is 14.2. The Hall–Kier alpha value is -2.20. The fourth-order valence-corrected chi connectivity index (χ4v) is 2.40. The Morgan fingerprint density at radius 3 is 2.52 bits per heavy atom. The largest absolute Gasteiger partial charge is 0.493 e. The molecule has 122 valence electrons. The number of methoxy groups -OCH3 is 1. The highest BCUT2D eigenvalue weighted by Gasteiger charge is 2.20. The van der Waals surface area contributed by atoms with E-state index in [1.165, 1.54) is 0 Å². The molecular formula is C18H20ClNO3. The molecule has 0 heterocycles. The van der Waals surface area contributed by atoms with Gasteiger partial charge in [-0.2, -0.15) is 0 Å². The molecule has 0 spiro atoms. The molecule has 0 fully saturated rings. The van der Waals surface area contributed by atoms with Crippen molar-refractivity contribution in [1.29, 1.82) is 0 Å². The molecule has 5 heteroatoms. The van der Waals surface area contributed by atoms with E-state index in [9.17, 15) is 4.79 Å². The Kier molecular flexibility index (Phi) is 5.88. The summed E-state index contributed by atoms with van der Waals surface area (Å²) in [5.74, 6) is 0.940. The van der Waals surface area contributed by atoms with Crippen molar-refractivity contribution in [2.45, 2.75) is 26.4 Å². The Labute approximate surface area is 141 Å². The topological polar surface area (TPSA) is 47.6 Å². The van der Waals surface area contributed by atoms with Crippen LogP contribution in [-0.4, -0.2) is 19.1 Å². The number of ether oxygens (including phenoxy) is 2. The second-order valence-corrected chi connectivity index (χ2v) is 5.55. The minimum Gasteiger partial charge on any atom is -0.493 e. The van der Waals surface area contributed by atoms with Gasteiger partial charge in [-0.25, -0.2) is 0 Å². The van der Waals surface area contributed by atoms with Crippen molar-refractivity contribution >= 4 is 23.2 Å². The van der Waals surface area contributed by atoms with E-state index in [2.05, 4.69) is 5.32 Å². The molecule has 2 aromatic carbocycles. The predicted molar refractivity (Wildman–Crippen MR) is 92.5 cm³/mol. The van der Waals surface area contributed by atoms with Crippen molar-refractivity contribution in [2.75, 3.05) is 12.4 Å². The number of hydrogen-bond acceptors (Lipinski definition) is 3. The lowest BCUT2D eigenvalue weighted by atomic mass is 10.2. The maximum atomic E-state index is 12.5. The average Bonchev–Trinajstić information content (AvgIpc) is 2.55. The molecule has 0 unspecified atom stereocenters. The number of carbonyl (C=O) groups is 1. The van der Waals surface area contributed by atoms with Crippen molar-refractivity contribution in [1.82, 2.24) is 0 Å². The van der Waals surface area contributed by atoms with Crippen molar-refractivity contribution < 1.29 is 14.3 Å². The molecule has 0 aromatic heterocycles. The van der Waals surface area contributed by atoms with Gasteiger partial charge in [-0.3, -0.25) is 4.79 Å². The zero-order valence-electron chi connectivity index (χ0n) is 13.4. The third-order valence-electron chi connectivity index (χ3n) is 3.45. The van der Waals surface area contributed by atoms with Gasteiger partial charge in [0.25, 0.3) is 5.91 Å². The molecule has 1 amide bonds. The molecule has 2 rings (SSSR count). The van der Waals surface area contributed by atoms with Crippen LogP contribution in [0.25, 0.3) is 0 Å². The van der Waals surface area contributed by atoms with Gasteiger partial charge in [0.2, 0.25) is 0 Å². The number of rotatable bonds is 6. The zero-order chi connectivity index (χ0) is 16.8. The molecule has 0 aliphatic carbocycles. The Balaban J connectivity index is 2.12. The van der Waals surface area contributed by atoms with E-state index in [0.717, 1.165) is 11.3 Å². The number of halogens is 1. The van der Waals surface area contributed by atoms with Crippen LogP contribution in [0, 0.1) is 6.92 Å². The van der Waals surface area contributed by atoms with Crippen LogP contribution in [0.2, 0.25) is 5.02 Å². The fraction of sp³-hybridized carbons (Fsp3) is 0.278. The number of amides is 1. The second kappa shape index (κ2) is 7.88. The van der Waals surface area contributed by atoms with E-state index >= 15 is 0 Å². The molecule has 0 saturated carbocycles. The molecular weight excluding hydrogens is 314 g/mol. The summed E-state index contributed by atoms with van der Waals surface area (Å²) in [6, 6.07) is 12.6. The molecule has 0 saturated heterocycles. The molecule has 1 atom stereocenters. The molecule has 0 bridgehead atoms. The first-order valence-electron chi connectivity index (χ1n) is 7.41. The number of para-hydroxylation sites is 2. The number of carbonyl (C=O) groups excluding carboxylic acids is 1. The summed E-state index contributed by atoms with van der Waals surface area (Å²) in [6.45, 7) is 3.79. The molecule has 23 heavy (non-hydrogen) atoms. The van der Waals surface area contributed by atoms with Crippen LogP contribution in [-0.2, 0) is 4.79 Å². The summed E-state index contributed by atoms with van der Waals surface area (Å²) >= 11 is 5.93. The highest BCUT2D eigenvalue weighted by Crippen LogP contribution is 2.28. The average molecular weight is 334 g/mol. The van der Waals surface area contributed by atoms with E-state index in [4.69, 9.17) is 21.1 Å². The number of nitrogens with one attached hydrogen (secondary N) is 1. The predicted octanol–water partition coefficient (Wildman–Crippen LogP) is 4.45. The fourth-order valence-electron chi connectivity index (χ4n) is 2.17. The molecule has 0 aliphatic rings. The van der Waals surface area contributed by atoms with Crippen LogP contribution < -0.4 is 14.8 Å². The summed E-state index contributed by atoms with van der Waals surface area (Å²) in [6.07, 6.45) is -0.0716. The Morgan fingerprint density at radius 1 is 1.22 bits per heavy atom. The molecule has 0 aliphatic heterocycles. The van der Waals surface area contributed by atoms with Crippen LogP contribution in [0.3, 0.4) is 0 Å². The number of benzene rings is 2. The van der Waals surface area contributed by atoms with Crippen molar-refractivity contribution in [3.8, 4) is 11.5 Å². The van der Waals surface area contributed by atoms with Crippen LogP contribution in [0.5, 0.6) is 11.5 Å². The summed E-state index contributed by atoms with van der Waals surface area (Å²) in [5.41, 5.74) is 1.62. The van der Waals surface area contributed by atoms with Gasteiger partial charge in [0.1, 0.15) is 0 Å². The van der Waals surface area contributed by atoms with Gasteiger partial charge >= 0.3 is 0 Å². The third-order valence-corrected chi connectivity index (χ3v) is 3.68. The molecule has 4 nitrogen and oxygen atoms in total. The lowest BCUT2D eigenvalue weighted by Gasteiger charge is -2.19. The number of hydrogen-bond donors (Lipinski definition) is 1. The van der Waals surface area contributed by atoms with E-state index < -0.39 is 6.10 Å². The van der Waals surface area contributed by atoms with Gasteiger partial charge in [0, 0.05) is 10.7 Å².